The van der Waals surface area contributed by atoms with Crippen molar-refractivity contribution in [3.8, 4) is 11.4 Å². The number of hydrogen-bond acceptors (Lipinski definition) is 5. The van der Waals surface area contributed by atoms with Crippen LogP contribution in [0.2, 0.25) is 0 Å². The number of hydrogen-bond donors (Lipinski definition) is 2. The molecule has 1 atom stereocenters. The molecule has 6 nitrogen and oxygen atoms in total. The van der Waals surface area contributed by atoms with E-state index in [2.05, 4.69) is 25.5 Å². The van der Waals surface area contributed by atoms with Crippen LogP contribution in [0, 0.1) is 5.92 Å². The summed E-state index contributed by atoms with van der Waals surface area (Å²) >= 11 is 1.37. The third-order valence-electron chi connectivity index (χ3n) is 4.36. The minimum atomic E-state index is -0.213. The van der Waals surface area contributed by atoms with Crippen molar-refractivity contribution in [1.29, 1.82) is 0 Å². The van der Waals surface area contributed by atoms with Crippen molar-refractivity contribution in [3.63, 3.8) is 0 Å². The number of aromatic amines is 1. The van der Waals surface area contributed by atoms with E-state index in [0.717, 1.165) is 12.1 Å². The minimum absolute atomic E-state index is 0.0563. The summed E-state index contributed by atoms with van der Waals surface area (Å²) in [6.07, 6.45) is 9.81. The van der Waals surface area contributed by atoms with Gasteiger partial charge in [-0.25, -0.2) is 4.98 Å². The van der Waals surface area contributed by atoms with Gasteiger partial charge in [-0.1, -0.05) is 31.0 Å². The van der Waals surface area contributed by atoms with Crippen LogP contribution in [-0.2, 0) is 4.79 Å². The molecule has 0 aromatic carbocycles. The molecular weight excluding hydrogens is 322 g/mol. The van der Waals surface area contributed by atoms with E-state index >= 15 is 0 Å². The highest BCUT2D eigenvalue weighted by Gasteiger charge is 2.19. The van der Waals surface area contributed by atoms with Crippen molar-refractivity contribution in [1.82, 2.24) is 25.5 Å². The summed E-state index contributed by atoms with van der Waals surface area (Å²) < 4.78 is 0. The molecule has 0 bridgehead atoms. The fraction of sp³-hybridized carbons (Fsp3) is 0.529. The Bertz CT molecular complexity index is 654. The van der Waals surface area contributed by atoms with Crippen molar-refractivity contribution in [2.24, 2.45) is 5.92 Å². The number of aromatic nitrogens is 4. The van der Waals surface area contributed by atoms with E-state index in [1.54, 1.807) is 12.4 Å². The van der Waals surface area contributed by atoms with Crippen LogP contribution in [0.4, 0.5) is 0 Å². The van der Waals surface area contributed by atoms with Gasteiger partial charge in [-0.15, -0.1) is 5.10 Å². The number of nitrogens with one attached hydrogen (secondary N) is 2. The Labute approximate surface area is 146 Å². The molecule has 0 aliphatic heterocycles. The molecular formula is C17H23N5OS. The number of rotatable bonds is 6. The van der Waals surface area contributed by atoms with Crippen LogP contribution in [-0.4, -0.2) is 37.9 Å². The summed E-state index contributed by atoms with van der Waals surface area (Å²) in [5.74, 6) is 1.39. The molecule has 0 spiro atoms. The smallest absolute Gasteiger partial charge is 0.233 e. The van der Waals surface area contributed by atoms with Gasteiger partial charge in [0, 0.05) is 24.5 Å². The van der Waals surface area contributed by atoms with E-state index in [4.69, 9.17) is 0 Å². The molecule has 1 fully saturated rings. The summed E-state index contributed by atoms with van der Waals surface area (Å²) in [5, 5.41) is 10.5. The van der Waals surface area contributed by atoms with Crippen molar-refractivity contribution in [3.05, 3.63) is 24.5 Å². The molecule has 0 saturated heterocycles. The lowest BCUT2D eigenvalue weighted by atomic mass is 9.89. The van der Waals surface area contributed by atoms with Gasteiger partial charge in [-0.3, -0.25) is 14.9 Å². The molecule has 2 N–H and O–H groups in total. The summed E-state index contributed by atoms with van der Waals surface area (Å²) in [7, 11) is 0. The summed E-state index contributed by atoms with van der Waals surface area (Å²) in [6.45, 7) is 2.68. The van der Waals surface area contributed by atoms with Crippen molar-refractivity contribution < 1.29 is 4.79 Å². The molecule has 2 aromatic rings. The molecule has 3 rings (SSSR count). The number of carbonyl (C=O) groups excluding carboxylic acids is 1. The number of nitrogens with zero attached hydrogens (tertiary/aromatic N) is 3. The average molecular weight is 345 g/mol. The zero-order valence-electron chi connectivity index (χ0n) is 13.9. The molecule has 1 aliphatic carbocycles. The van der Waals surface area contributed by atoms with E-state index in [1.165, 1.54) is 43.9 Å². The molecule has 0 unspecified atom stereocenters. The Morgan fingerprint density at radius 3 is 2.83 bits per heavy atom. The van der Waals surface area contributed by atoms with Crippen LogP contribution in [0.1, 0.15) is 39.0 Å². The fourth-order valence-electron chi connectivity index (χ4n) is 2.93. The van der Waals surface area contributed by atoms with Gasteiger partial charge in [0.15, 0.2) is 5.82 Å². The van der Waals surface area contributed by atoms with Crippen LogP contribution < -0.4 is 5.32 Å². The number of thioether (sulfide) groups is 1. The fourth-order valence-corrected chi connectivity index (χ4v) is 3.68. The lowest BCUT2D eigenvalue weighted by Gasteiger charge is -2.22. The third kappa shape index (κ3) is 4.56. The van der Waals surface area contributed by atoms with Crippen molar-refractivity contribution >= 4 is 17.7 Å². The maximum atomic E-state index is 12.3. The highest BCUT2D eigenvalue weighted by Crippen LogP contribution is 2.24. The quantitative estimate of drug-likeness (QED) is 0.786. The number of amides is 1. The summed E-state index contributed by atoms with van der Waals surface area (Å²) in [6, 6.07) is 3.74. The van der Waals surface area contributed by atoms with Gasteiger partial charge in [0.05, 0.1) is 5.25 Å². The minimum Gasteiger partial charge on any atom is -0.355 e. The van der Waals surface area contributed by atoms with Gasteiger partial charge in [0.25, 0.3) is 0 Å². The van der Waals surface area contributed by atoms with E-state index in [-0.39, 0.29) is 11.2 Å². The molecule has 1 saturated carbocycles. The Morgan fingerprint density at radius 2 is 2.08 bits per heavy atom. The van der Waals surface area contributed by atoms with Crippen molar-refractivity contribution in [2.75, 3.05) is 6.54 Å². The normalized spacial score (nSPS) is 16.7. The maximum absolute atomic E-state index is 12.3. The first-order valence-electron chi connectivity index (χ1n) is 8.49. The molecule has 2 heterocycles. The molecule has 1 aliphatic rings. The Morgan fingerprint density at radius 1 is 1.33 bits per heavy atom. The topological polar surface area (TPSA) is 83.6 Å². The first kappa shape index (κ1) is 17.0. The number of pyridine rings is 1. The first-order valence-corrected chi connectivity index (χ1v) is 9.37. The molecule has 24 heavy (non-hydrogen) atoms. The Hall–Kier alpha value is -1.89. The summed E-state index contributed by atoms with van der Waals surface area (Å²) in [4.78, 5) is 20.7. The van der Waals surface area contributed by atoms with Gasteiger partial charge < -0.3 is 5.32 Å². The molecule has 128 valence electrons. The molecule has 0 radical (unpaired) electrons. The molecule has 1 amide bonds. The Kier molecular flexibility index (Phi) is 5.85. The Balaban J connectivity index is 1.50. The van der Waals surface area contributed by atoms with Crippen molar-refractivity contribution in [2.45, 2.75) is 49.4 Å². The zero-order valence-corrected chi connectivity index (χ0v) is 14.7. The second kappa shape index (κ2) is 8.28. The number of H-pyrrole nitrogens is 1. The third-order valence-corrected chi connectivity index (χ3v) is 5.32. The average Bonchev–Trinajstić information content (AvgIpc) is 3.10. The van der Waals surface area contributed by atoms with Gasteiger partial charge in [-0.05, 0) is 37.8 Å². The van der Waals surface area contributed by atoms with Crippen LogP contribution in [0.5, 0.6) is 0 Å². The van der Waals surface area contributed by atoms with E-state index in [1.807, 2.05) is 19.1 Å². The maximum Gasteiger partial charge on any atom is 0.233 e. The largest absolute Gasteiger partial charge is 0.355 e. The lowest BCUT2D eigenvalue weighted by molar-refractivity contribution is -0.120. The highest BCUT2D eigenvalue weighted by molar-refractivity contribution is 8.00. The van der Waals surface area contributed by atoms with Crippen LogP contribution >= 0.6 is 11.8 Å². The van der Waals surface area contributed by atoms with Gasteiger partial charge in [-0.2, -0.15) is 0 Å². The standard InChI is InChI=1S/C17H23N5OS/c1-12(16(23)19-11-13-5-3-2-4-6-13)24-17-20-15(21-22-17)14-7-9-18-10-8-14/h7-10,12-13H,2-6,11H2,1H3,(H,19,23)(H,20,21,22)/t12-/m0/s1. The lowest BCUT2D eigenvalue weighted by Crippen LogP contribution is -2.35. The first-order chi connectivity index (χ1) is 11.7. The zero-order chi connectivity index (χ0) is 16.8. The predicted octanol–water partition coefficient (Wildman–Crippen LogP) is 3.04. The number of carbonyl (C=O) groups is 1. The van der Waals surface area contributed by atoms with Crippen LogP contribution in [0.25, 0.3) is 11.4 Å². The predicted molar refractivity (Wildman–Crippen MR) is 94.5 cm³/mol. The molecule has 2 aromatic heterocycles. The summed E-state index contributed by atoms with van der Waals surface area (Å²) in [5.41, 5.74) is 0.929. The molecule has 7 heteroatoms. The van der Waals surface area contributed by atoms with E-state index in [0.29, 0.717) is 16.9 Å². The van der Waals surface area contributed by atoms with E-state index < -0.39 is 0 Å². The van der Waals surface area contributed by atoms with Gasteiger partial charge in [0.1, 0.15) is 0 Å². The highest BCUT2D eigenvalue weighted by atomic mass is 32.2. The van der Waals surface area contributed by atoms with Gasteiger partial charge >= 0.3 is 0 Å². The monoisotopic (exact) mass is 345 g/mol. The second-order valence-electron chi connectivity index (χ2n) is 6.21. The van der Waals surface area contributed by atoms with Crippen LogP contribution in [0.3, 0.4) is 0 Å². The SMILES string of the molecule is C[C@H](Sc1n[nH]c(-c2ccncc2)n1)C(=O)NCC1CCCCC1. The van der Waals surface area contributed by atoms with E-state index in [9.17, 15) is 4.79 Å². The second-order valence-corrected chi connectivity index (χ2v) is 7.52. The van der Waals surface area contributed by atoms with Gasteiger partial charge in [0.2, 0.25) is 11.1 Å². The van der Waals surface area contributed by atoms with Crippen LogP contribution in [0.15, 0.2) is 29.7 Å².